The third-order valence-corrected chi connectivity index (χ3v) is 4.54. The van der Waals surface area contributed by atoms with Gasteiger partial charge in [-0.2, -0.15) is 0 Å². The number of rotatable bonds is 9. The molecule has 1 aromatic carbocycles. The maximum absolute atomic E-state index is 12.8. The van der Waals surface area contributed by atoms with E-state index in [1.54, 1.807) is 16.9 Å². The SMILES string of the molecule is C=CCOC(=O)CC1C(=O)N(CCC)C(=S)N1Cc1ccc(OC)cc1. The summed E-state index contributed by atoms with van der Waals surface area (Å²) in [6, 6.07) is 6.90. The van der Waals surface area contributed by atoms with Gasteiger partial charge in [0, 0.05) is 13.1 Å². The van der Waals surface area contributed by atoms with Gasteiger partial charge in [0.05, 0.1) is 13.5 Å². The minimum atomic E-state index is -0.645. The van der Waals surface area contributed by atoms with Crippen LogP contribution < -0.4 is 4.74 Å². The van der Waals surface area contributed by atoms with E-state index >= 15 is 0 Å². The fourth-order valence-corrected chi connectivity index (χ4v) is 3.17. The van der Waals surface area contributed by atoms with Gasteiger partial charge in [-0.05, 0) is 36.3 Å². The molecular weight excluding hydrogens is 352 g/mol. The molecule has 1 saturated heterocycles. The molecule has 1 fully saturated rings. The van der Waals surface area contributed by atoms with Crippen LogP contribution in [-0.2, 0) is 20.9 Å². The van der Waals surface area contributed by atoms with Crippen LogP contribution in [-0.4, -0.2) is 53.1 Å². The van der Waals surface area contributed by atoms with Crippen LogP contribution in [0.2, 0.25) is 0 Å². The quantitative estimate of drug-likeness (QED) is 0.375. The maximum atomic E-state index is 12.8. The number of ether oxygens (including phenoxy) is 2. The molecule has 2 rings (SSSR count). The van der Waals surface area contributed by atoms with Crippen LogP contribution in [0.25, 0.3) is 0 Å². The maximum Gasteiger partial charge on any atom is 0.308 e. The van der Waals surface area contributed by atoms with Gasteiger partial charge in [0.25, 0.3) is 5.91 Å². The van der Waals surface area contributed by atoms with Crippen LogP contribution in [0, 0.1) is 0 Å². The van der Waals surface area contributed by atoms with Gasteiger partial charge in [0.1, 0.15) is 18.4 Å². The van der Waals surface area contributed by atoms with E-state index in [1.165, 1.54) is 6.08 Å². The minimum Gasteiger partial charge on any atom is -0.497 e. The minimum absolute atomic E-state index is 0.0385. The average Bonchev–Trinajstić information content (AvgIpc) is 2.86. The lowest BCUT2D eigenvalue weighted by Crippen LogP contribution is -2.36. The molecule has 1 aliphatic heterocycles. The van der Waals surface area contributed by atoms with Gasteiger partial charge in [0.15, 0.2) is 5.11 Å². The predicted octanol–water partition coefficient (Wildman–Crippen LogP) is 2.52. The molecule has 1 atom stereocenters. The Morgan fingerprint density at radius 3 is 2.62 bits per heavy atom. The summed E-state index contributed by atoms with van der Waals surface area (Å²) in [6.45, 7) is 6.60. The van der Waals surface area contributed by atoms with Crippen molar-refractivity contribution in [2.45, 2.75) is 32.4 Å². The summed E-state index contributed by atoms with van der Waals surface area (Å²) in [7, 11) is 1.61. The molecule has 140 valence electrons. The molecule has 1 heterocycles. The number of methoxy groups -OCH3 is 1. The second-order valence-electron chi connectivity index (χ2n) is 5.94. The number of nitrogens with zero attached hydrogens (tertiary/aromatic N) is 2. The molecule has 6 nitrogen and oxygen atoms in total. The van der Waals surface area contributed by atoms with E-state index < -0.39 is 12.0 Å². The van der Waals surface area contributed by atoms with Crippen LogP contribution in [0.1, 0.15) is 25.3 Å². The number of carbonyl (C=O) groups excluding carboxylic acids is 2. The van der Waals surface area contributed by atoms with Gasteiger partial charge < -0.3 is 14.4 Å². The van der Waals surface area contributed by atoms with Crippen molar-refractivity contribution in [2.24, 2.45) is 0 Å². The number of amides is 1. The van der Waals surface area contributed by atoms with E-state index in [0.29, 0.717) is 18.2 Å². The lowest BCUT2D eigenvalue weighted by Gasteiger charge is -2.23. The molecule has 0 saturated carbocycles. The highest BCUT2D eigenvalue weighted by Gasteiger charge is 2.43. The van der Waals surface area contributed by atoms with Crippen molar-refractivity contribution in [3.05, 3.63) is 42.5 Å². The Kier molecular flexibility index (Phi) is 7.15. The summed E-state index contributed by atoms with van der Waals surface area (Å²) in [5, 5.41) is 0.453. The second-order valence-corrected chi connectivity index (χ2v) is 6.31. The molecular formula is C19H24N2O4S. The molecule has 0 spiro atoms. The first-order chi connectivity index (χ1) is 12.5. The van der Waals surface area contributed by atoms with Crippen molar-refractivity contribution < 1.29 is 19.1 Å². The fraction of sp³-hybridized carbons (Fsp3) is 0.421. The summed E-state index contributed by atoms with van der Waals surface area (Å²) in [4.78, 5) is 28.2. The Labute approximate surface area is 159 Å². The molecule has 26 heavy (non-hydrogen) atoms. The molecule has 1 unspecified atom stereocenters. The van der Waals surface area contributed by atoms with Crippen LogP contribution in [0.3, 0.4) is 0 Å². The van der Waals surface area contributed by atoms with Gasteiger partial charge in [0.2, 0.25) is 0 Å². The molecule has 0 bridgehead atoms. The van der Waals surface area contributed by atoms with Crippen molar-refractivity contribution in [3.63, 3.8) is 0 Å². The van der Waals surface area contributed by atoms with Crippen molar-refractivity contribution in [2.75, 3.05) is 20.3 Å². The zero-order valence-corrected chi connectivity index (χ0v) is 16.0. The molecule has 0 aliphatic carbocycles. The lowest BCUT2D eigenvalue weighted by atomic mass is 10.1. The number of hydrogen-bond acceptors (Lipinski definition) is 5. The first-order valence-corrected chi connectivity index (χ1v) is 8.94. The van der Waals surface area contributed by atoms with Gasteiger partial charge in [-0.1, -0.05) is 31.7 Å². The molecule has 1 aliphatic rings. The van der Waals surface area contributed by atoms with E-state index in [1.807, 2.05) is 31.2 Å². The highest BCUT2D eigenvalue weighted by molar-refractivity contribution is 7.80. The Morgan fingerprint density at radius 2 is 2.04 bits per heavy atom. The van der Waals surface area contributed by atoms with Crippen LogP contribution in [0.15, 0.2) is 36.9 Å². The third-order valence-electron chi connectivity index (χ3n) is 4.09. The highest BCUT2D eigenvalue weighted by Crippen LogP contribution is 2.24. The highest BCUT2D eigenvalue weighted by atomic mass is 32.1. The Bertz CT molecular complexity index is 675. The van der Waals surface area contributed by atoms with Crippen molar-refractivity contribution >= 4 is 29.2 Å². The standard InChI is InChI=1S/C19H24N2O4S/c1-4-10-20-18(23)16(12-17(22)25-11-5-2)21(19(20)26)13-14-6-8-15(24-3)9-7-14/h5-9,16H,2,4,10-13H2,1,3H3. The van der Waals surface area contributed by atoms with E-state index in [9.17, 15) is 9.59 Å². The predicted molar refractivity (Wildman–Crippen MR) is 103 cm³/mol. The smallest absolute Gasteiger partial charge is 0.308 e. The molecule has 7 heteroatoms. The van der Waals surface area contributed by atoms with Gasteiger partial charge in [-0.15, -0.1) is 0 Å². The van der Waals surface area contributed by atoms with Crippen molar-refractivity contribution in [1.82, 2.24) is 9.80 Å². The summed E-state index contributed by atoms with van der Waals surface area (Å²) in [5.41, 5.74) is 0.976. The normalized spacial score (nSPS) is 16.8. The van der Waals surface area contributed by atoms with Crippen molar-refractivity contribution in [3.8, 4) is 5.75 Å². The second kappa shape index (κ2) is 9.33. The number of carbonyl (C=O) groups is 2. The van der Waals surface area contributed by atoms with E-state index in [4.69, 9.17) is 21.7 Å². The van der Waals surface area contributed by atoms with Gasteiger partial charge >= 0.3 is 5.97 Å². The number of thiocarbonyl (C=S) groups is 1. The van der Waals surface area contributed by atoms with Gasteiger partial charge in [-0.25, -0.2) is 0 Å². The van der Waals surface area contributed by atoms with Gasteiger partial charge in [-0.3, -0.25) is 14.5 Å². The molecule has 0 N–H and O–H groups in total. The molecule has 0 aromatic heterocycles. The average molecular weight is 376 g/mol. The number of esters is 1. The van der Waals surface area contributed by atoms with E-state index in [-0.39, 0.29) is 18.9 Å². The van der Waals surface area contributed by atoms with Crippen LogP contribution in [0.4, 0.5) is 0 Å². The van der Waals surface area contributed by atoms with E-state index in [0.717, 1.165) is 17.7 Å². The summed E-state index contributed by atoms with van der Waals surface area (Å²) < 4.78 is 10.2. The molecule has 1 aromatic rings. The molecule has 1 amide bonds. The summed E-state index contributed by atoms with van der Waals surface area (Å²) in [6.07, 6.45) is 2.25. The number of benzene rings is 1. The van der Waals surface area contributed by atoms with Crippen LogP contribution >= 0.6 is 12.2 Å². The third kappa shape index (κ3) is 4.60. The Morgan fingerprint density at radius 1 is 1.35 bits per heavy atom. The van der Waals surface area contributed by atoms with Crippen molar-refractivity contribution in [1.29, 1.82) is 0 Å². The zero-order valence-electron chi connectivity index (χ0n) is 15.1. The van der Waals surface area contributed by atoms with Crippen LogP contribution in [0.5, 0.6) is 5.75 Å². The summed E-state index contributed by atoms with van der Waals surface area (Å²) >= 11 is 5.51. The van der Waals surface area contributed by atoms with E-state index in [2.05, 4.69) is 6.58 Å². The Balaban J connectivity index is 2.18. The molecule has 0 radical (unpaired) electrons. The Hall–Kier alpha value is -2.41. The largest absolute Gasteiger partial charge is 0.497 e. The lowest BCUT2D eigenvalue weighted by molar-refractivity contribution is -0.145. The fourth-order valence-electron chi connectivity index (χ4n) is 2.80. The monoisotopic (exact) mass is 376 g/mol. The zero-order chi connectivity index (χ0) is 19.1. The first-order valence-electron chi connectivity index (χ1n) is 8.53. The number of hydrogen-bond donors (Lipinski definition) is 0. The topological polar surface area (TPSA) is 59.1 Å². The first kappa shape index (κ1) is 19.9. The summed E-state index contributed by atoms with van der Waals surface area (Å²) in [5.74, 6) is 0.163.